The standard InChI is InChI=1S/C10H11NO4/c1-7-6-10(15-4-3-12)8(2)5-9(7)11(13)14/h3,5-6H,4H2,1-2H3. The van der Waals surface area contributed by atoms with Gasteiger partial charge in [-0.1, -0.05) is 0 Å². The van der Waals surface area contributed by atoms with E-state index >= 15 is 0 Å². The maximum absolute atomic E-state index is 10.6. The Morgan fingerprint density at radius 1 is 1.40 bits per heavy atom. The summed E-state index contributed by atoms with van der Waals surface area (Å²) in [5.41, 5.74) is 1.23. The largest absolute Gasteiger partial charge is 0.486 e. The molecule has 0 unspecified atom stereocenters. The van der Waals surface area contributed by atoms with E-state index in [4.69, 9.17) is 4.74 Å². The Bertz CT molecular complexity index is 401. The van der Waals surface area contributed by atoms with E-state index in [1.54, 1.807) is 19.9 Å². The molecule has 0 N–H and O–H groups in total. The molecule has 0 amide bonds. The lowest BCUT2D eigenvalue weighted by atomic mass is 10.1. The lowest BCUT2D eigenvalue weighted by Crippen LogP contribution is -2.01. The molecule has 0 saturated heterocycles. The average molecular weight is 209 g/mol. The minimum Gasteiger partial charge on any atom is -0.486 e. The summed E-state index contributed by atoms with van der Waals surface area (Å²) in [6, 6.07) is 3.01. The highest BCUT2D eigenvalue weighted by Gasteiger charge is 2.13. The third kappa shape index (κ3) is 2.52. The van der Waals surface area contributed by atoms with Gasteiger partial charge in [0.05, 0.1) is 4.92 Å². The van der Waals surface area contributed by atoms with E-state index in [9.17, 15) is 14.9 Å². The Morgan fingerprint density at radius 3 is 2.60 bits per heavy atom. The number of hydrogen-bond donors (Lipinski definition) is 0. The van der Waals surface area contributed by atoms with E-state index in [0.29, 0.717) is 23.2 Å². The Morgan fingerprint density at radius 2 is 2.07 bits per heavy atom. The van der Waals surface area contributed by atoms with Crippen molar-refractivity contribution in [3.8, 4) is 5.75 Å². The topological polar surface area (TPSA) is 69.4 Å². The number of nitrogens with zero attached hydrogens (tertiary/aromatic N) is 1. The molecule has 0 aromatic heterocycles. The van der Waals surface area contributed by atoms with Crippen molar-refractivity contribution in [2.75, 3.05) is 6.61 Å². The van der Waals surface area contributed by atoms with Crippen LogP contribution in [0, 0.1) is 24.0 Å². The summed E-state index contributed by atoms with van der Waals surface area (Å²) in [6.45, 7) is 3.29. The average Bonchev–Trinajstić information content (AvgIpc) is 2.18. The lowest BCUT2D eigenvalue weighted by Gasteiger charge is -2.07. The lowest BCUT2D eigenvalue weighted by molar-refractivity contribution is -0.385. The van der Waals surface area contributed by atoms with Crippen LogP contribution in [0.2, 0.25) is 0 Å². The second-order valence-corrected chi connectivity index (χ2v) is 3.14. The van der Waals surface area contributed by atoms with Gasteiger partial charge in [-0.3, -0.25) is 14.9 Å². The summed E-state index contributed by atoms with van der Waals surface area (Å²) in [4.78, 5) is 20.3. The number of hydrogen-bond acceptors (Lipinski definition) is 4. The van der Waals surface area contributed by atoms with Gasteiger partial charge in [-0.05, 0) is 25.5 Å². The summed E-state index contributed by atoms with van der Waals surface area (Å²) in [5, 5.41) is 10.6. The Balaban J connectivity index is 3.07. The molecule has 0 aliphatic heterocycles. The van der Waals surface area contributed by atoms with E-state index in [1.165, 1.54) is 6.07 Å². The van der Waals surface area contributed by atoms with Crippen LogP contribution in [0.5, 0.6) is 5.75 Å². The zero-order valence-electron chi connectivity index (χ0n) is 8.52. The van der Waals surface area contributed by atoms with Gasteiger partial charge in [0.2, 0.25) is 0 Å². The van der Waals surface area contributed by atoms with Gasteiger partial charge in [0, 0.05) is 11.6 Å². The third-order valence-electron chi connectivity index (χ3n) is 2.00. The molecule has 15 heavy (non-hydrogen) atoms. The van der Waals surface area contributed by atoms with Gasteiger partial charge >= 0.3 is 0 Å². The first-order valence-corrected chi connectivity index (χ1v) is 4.38. The molecule has 0 fully saturated rings. The minimum absolute atomic E-state index is 0.0436. The van der Waals surface area contributed by atoms with Gasteiger partial charge in [-0.15, -0.1) is 0 Å². The number of carbonyl (C=O) groups excluding carboxylic acids is 1. The van der Waals surface area contributed by atoms with E-state index in [2.05, 4.69) is 0 Å². The van der Waals surface area contributed by atoms with Crippen LogP contribution in [-0.2, 0) is 4.79 Å². The summed E-state index contributed by atoms with van der Waals surface area (Å²) < 4.78 is 5.11. The van der Waals surface area contributed by atoms with Gasteiger partial charge in [0.1, 0.15) is 12.4 Å². The maximum Gasteiger partial charge on any atom is 0.272 e. The Labute approximate surface area is 86.8 Å². The van der Waals surface area contributed by atoms with Crippen molar-refractivity contribution in [1.29, 1.82) is 0 Å². The van der Waals surface area contributed by atoms with Crippen molar-refractivity contribution < 1.29 is 14.5 Å². The number of carbonyl (C=O) groups is 1. The first kappa shape index (κ1) is 11.2. The minimum atomic E-state index is -0.439. The van der Waals surface area contributed by atoms with Crippen LogP contribution in [0.15, 0.2) is 12.1 Å². The first-order chi connectivity index (χ1) is 7.06. The molecule has 0 spiro atoms. The van der Waals surface area contributed by atoms with Crippen molar-refractivity contribution in [3.05, 3.63) is 33.4 Å². The molecule has 80 valence electrons. The molecule has 0 aliphatic rings. The monoisotopic (exact) mass is 209 g/mol. The number of benzene rings is 1. The molecule has 1 rings (SSSR count). The Kier molecular flexibility index (Phi) is 3.38. The number of aldehydes is 1. The van der Waals surface area contributed by atoms with Crippen molar-refractivity contribution in [2.45, 2.75) is 13.8 Å². The molecule has 0 aliphatic carbocycles. The summed E-state index contributed by atoms with van der Waals surface area (Å²) in [5.74, 6) is 0.505. The fraction of sp³-hybridized carbons (Fsp3) is 0.300. The van der Waals surface area contributed by atoms with E-state index < -0.39 is 4.92 Å². The highest BCUT2D eigenvalue weighted by Crippen LogP contribution is 2.27. The predicted molar refractivity (Wildman–Crippen MR) is 54.1 cm³/mol. The highest BCUT2D eigenvalue weighted by atomic mass is 16.6. The smallest absolute Gasteiger partial charge is 0.272 e. The van der Waals surface area contributed by atoms with Crippen LogP contribution < -0.4 is 4.74 Å². The number of nitro benzene ring substituents is 1. The fourth-order valence-electron chi connectivity index (χ4n) is 1.25. The molecule has 0 bridgehead atoms. The highest BCUT2D eigenvalue weighted by molar-refractivity contribution is 5.53. The van der Waals surface area contributed by atoms with E-state index in [-0.39, 0.29) is 12.3 Å². The van der Waals surface area contributed by atoms with Crippen molar-refractivity contribution in [2.24, 2.45) is 0 Å². The molecule has 0 heterocycles. The zero-order chi connectivity index (χ0) is 11.4. The first-order valence-electron chi connectivity index (χ1n) is 4.38. The fourth-order valence-corrected chi connectivity index (χ4v) is 1.25. The van der Waals surface area contributed by atoms with Crippen LogP contribution >= 0.6 is 0 Å². The number of ether oxygens (including phenoxy) is 1. The van der Waals surface area contributed by atoms with Gasteiger partial charge in [0.15, 0.2) is 6.29 Å². The normalized spacial score (nSPS) is 9.73. The third-order valence-corrected chi connectivity index (χ3v) is 2.00. The van der Waals surface area contributed by atoms with Crippen LogP contribution in [0.25, 0.3) is 0 Å². The molecule has 1 aromatic carbocycles. The second-order valence-electron chi connectivity index (χ2n) is 3.14. The summed E-state index contributed by atoms with van der Waals surface area (Å²) in [7, 11) is 0. The Hall–Kier alpha value is -1.91. The molecule has 0 radical (unpaired) electrons. The van der Waals surface area contributed by atoms with Gasteiger partial charge < -0.3 is 4.74 Å². The van der Waals surface area contributed by atoms with Gasteiger partial charge in [-0.25, -0.2) is 0 Å². The number of aryl methyl sites for hydroxylation is 2. The predicted octanol–water partition coefficient (Wildman–Crippen LogP) is 1.79. The second kappa shape index (κ2) is 4.54. The van der Waals surface area contributed by atoms with E-state index in [1.807, 2.05) is 0 Å². The molecule has 0 atom stereocenters. The number of rotatable bonds is 4. The zero-order valence-corrected chi connectivity index (χ0v) is 8.52. The van der Waals surface area contributed by atoms with Crippen molar-refractivity contribution >= 4 is 12.0 Å². The summed E-state index contributed by atoms with van der Waals surface area (Å²) >= 11 is 0. The SMILES string of the molecule is Cc1cc([N+](=O)[O-])c(C)cc1OCC=O. The number of nitro groups is 1. The molecule has 5 heteroatoms. The van der Waals surface area contributed by atoms with E-state index in [0.717, 1.165) is 0 Å². The van der Waals surface area contributed by atoms with Gasteiger partial charge in [0.25, 0.3) is 5.69 Å². The van der Waals surface area contributed by atoms with Crippen LogP contribution in [0.4, 0.5) is 5.69 Å². The molecular formula is C10H11NO4. The maximum atomic E-state index is 10.6. The van der Waals surface area contributed by atoms with Gasteiger partial charge in [-0.2, -0.15) is 0 Å². The molecule has 5 nitrogen and oxygen atoms in total. The molecule has 0 saturated carbocycles. The van der Waals surface area contributed by atoms with Crippen LogP contribution in [-0.4, -0.2) is 17.8 Å². The summed E-state index contributed by atoms with van der Waals surface area (Å²) in [6.07, 6.45) is 0.635. The van der Waals surface area contributed by atoms with Crippen LogP contribution in [0.1, 0.15) is 11.1 Å². The quantitative estimate of drug-likeness (QED) is 0.430. The van der Waals surface area contributed by atoms with Crippen molar-refractivity contribution in [1.82, 2.24) is 0 Å². The molecule has 1 aromatic rings. The molecular weight excluding hydrogens is 198 g/mol. The van der Waals surface area contributed by atoms with Crippen molar-refractivity contribution in [3.63, 3.8) is 0 Å². The van der Waals surface area contributed by atoms with Crippen LogP contribution in [0.3, 0.4) is 0 Å².